The van der Waals surface area contributed by atoms with Crippen LogP contribution in [0.15, 0.2) is 6.07 Å². The first-order valence-electron chi connectivity index (χ1n) is 5.29. The third kappa shape index (κ3) is 3.21. The Morgan fingerprint density at radius 2 is 2.33 bits per heavy atom. The van der Waals surface area contributed by atoms with Crippen LogP contribution in [-0.4, -0.2) is 54.6 Å². The Morgan fingerprint density at radius 3 is 3.00 bits per heavy atom. The molecule has 1 aliphatic heterocycles. The molecule has 1 saturated heterocycles. The maximum atomic E-state index is 5.50. The van der Waals surface area contributed by atoms with Gasteiger partial charge in [-0.1, -0.05) is 0 Å². The third-order valence-corrected chi connectivity index (χ3v) is 2.44. The molecule has 0 radical (unpaired) electrons. The van der Waals surface area contributed by atoms with Crippen LogP contribution in [0.4, 0.5) is 0 Å². The van der Waals surface area contributed by atoms with Crippen molar-refractivity contribution in [2.75, 3.05) is 39.5 Å². The summed E-state index contributed by atoms with van der Waals surface area (Å²) in [6.45, 7) is 7.26. The van der Waals surface area contributed by atoms with Crippen LogP contribution in [0.2, 0.25) is 0 Å². The van der Waals surface area contributed by atoms with E-state index in [2.05, 4.69) is 15.1 Å². The van der Waals surface area contributed by atoms with Gasteiger partial charge in [0, 0.05) is 31.4 Å². The van der Waals surface area contributed by atoms with E-state index in [0.717, 1.165) is 38.5 Å². The van der Waals surface area contributed by atoms with E-state index in [1.165, 1.54) is 0 Å². The standard InChI is InChI=1S/C10H17N3O2/c1-9-8-10(12-11-9)15-7-4-13-2-5-14-6-3-13/h8H,2-7H2,1H3,(H,11,12). The number of ether oxygens (including phenoxy) is 2. The van der Waals surface area contributed by atoms with E-state index < -0.39 is 0 Å². The lowest BCUT2D eigenvalue weighted by atomic mass is 10.4. The second-order valence-corrected chi connectivity index (χ2v) is 3.69. The van der Waals surface area contributed by atoms with E-state index in [-0.39, 0.29) is 0 Å². The molecule has 0 aliphatic carbocycles. The van der Waals surface area contributed by atoms with Gasteiger partial charge in [0.25, 0.3) is 0 Å². The van der Waals surface area contributed by atoms with E-state index in [4.69, 9.17) is 9.47 Å². The zero-order valence-corrected chi connectivity index (χ0v) is 9.03. The molecule has 0 unspecified atom stereocenters. The van der Waals surface area contributed by atoms with Gasteiger partial charge in [0.05, 0.1) is 13.2 Å². The first-order chi connectivity index (χ1) is 7.34. The predicted octanol–water partition coefficient (Wildman–Crippen LogP) is 0.429. The summed E-state index contributed by atoms with van der Waals surface area (Å²) >= 11 is 0. The lowest BCUT2D eigenvalue weighted by Gasteiger charge is -2.26. The van der Waals surface area contributed by atoms with Crippen LogP contribution >= 0.6 is 0 Å². The molecule has 0 spiro atoms. The molecule has 2 rings (SSSR count). The third-order valence-electron chi connectivity index (χ3n) is 2.44. The van der Waals surface area contributed by atoms with Crippen LogP contribution < -0.4 is 4.74 Å². The van der Waals surface area contributed by atoms with Crippen molar-refractivity contribution < 1.29 is 9.47 Å². The number of nitrogens with one attached hydrogen (secondary N) is 1. The van der Waals surface area contributed by atoms with Crippen molar-refractivity contribution in [1.82, 2.24) is 15.1 Å². The molecule has 1 fully saturated rings. The second kappa shape index (κ2) is 5.14. The molecule has 0 aromatic carbocycles. The van der Waals surface area contributed by atoms with Crippen molar-refractivity contribution in [2.24, 2.45) is 0 Å². The molecule has 84 valence electrons. The Kier molecular flexibility index (Phi) is 3.58. The van der Waals surface area contributed by atoms with E-state index >= 15 is 0 Å². The van der Waals surface area contributed by atoms with Gasteiger partial charge in [-0.3, -0.25) is 10.00 Å². The minimum atomic E-state index is 0.681. The predicted molar refractivity (Wildman–Crippen MR) is 56.1 cm³/mol. The summed E-state index contributed by atoms with van der Waals surface area (Å²) in [6, 6.07) is 1.90. The molecule has 0 amide bonds. The van der Waals surface area contributed by atoms with Crippen LogP contribution in [0, 0.1) is 6.92 Å². The van der Waals surface area contributed by atoms with Crippen molar-refractivity contribution in [2.45, 2.75) is 6.92 Å². The number of aromatic amines is 1. The minimum absolute atomic E-state index is 0.681. The Bertz CT molecular complexity index is 295. The Hall–Kier alpha value is -1.07. The molecule has 5 heteroatoms. The molecule has 5 nitrogen and oxygen atoms in total. The second-order valence-electron chi connectivity index (χ2n) is 3.69. The monoisotopic (exact) mass is 211 g/mol. The highest BCUT2D eigenvalue weighted by Crippen LogP contribution is 2.06. The van der Waals surface area contributed by atoms with Crippen molar-refractivity contribution in [3.8, 4) is 5.88 Å². The Balaban J connectivity index is 1.65. The van der Waals surface area contributed by atoms with E-state index in [9.17, 15) is 0 Å². The molecule has 0 atom stereocenters. The highest BCUT2D eigenvalue weighted by molar-refractivity contribution is 5.12. The average Bonchev–Trinajstić information content (AvgIpc) is 2.66. The summed E-state index contributed by atoms with van der Waals surface area (Å²) in [5.74, 6) is 0.681. The smallest absolute Gasteiger partial charge is 0.232 e. The van der Waals surface area contributed by atoms with E-state index in [1.54, 1.807) is 0 Å². The Morgan fingerprint density at radius 1 is 1.53 bits per heavy atom. The summed E-state index contributed by atoms with van der Waals surface area (Å²) in [6.07, 6.45) is 0. The normalized spacial score (nSPS) is 17.9. The number of aromatic nitrogens is 2. The first-order valence-corrected chi connectivity index (χ1v) is 5.29. The molecule has 1 N–H and O–H groups in total. The number of hydrogen-bond acceptors (Lipinski definition) is 4. The van der Waals surface area contributed by atoms with Crippen molar-refractivity contribution >= 4 is 0 Å². The topological polar surface area (TPSA) is 50.4 Å². The molecular weight excluding hydrogens is 194 g/mol. The highest BCUT2D eigenvalue weighted by Gasteiger charge is 2.09. The lowest BCUT2D eigenvalue weighted by molar-refractivity contribution is 0.0320. The molecule has 0 saturated carbocycles. The molecule has 1 aromatic rings. The average molecular weight is 211 g/mol. The van der Waals surface area contributed by atoms with Gasteiger partial charge in [0.1, 0.15) is 6.61 Å². The van der Waals surface area contributed by atoms with Gasteiger partial charge >= 0.3 is 0 Å². The van der Waals surface area contributed by atoms with Gasteiger partial charge < -0.3 is 9.47 Å². The summed E-state index contributed by atoms with van der Waals surface area (Å²) in [5, 5.41) is 6.86. The van der Waals surface area contributed by atoms with Crippen molar-refractivity contribution in [1.29, 1.82) is 0 Å². The number of hydrogen-bond donors (Lipinski definition) is 1. The maximum absolute atomic E-state index is 5.50. The fraction of sp³-hybridized carbons (Fsp3) is 0.700. The zero-order valence-electron chi connectivity index (χ0n) is 9.03. The summed E-state index contributed by atoms with van der Waals surface area (Å²) in [5.41, 5.74) is 1.02. The molecule has 15 heavy (non-hydrogen) atoms. The summed E-state index contributed by atoms with van der Waals surface area (Å²) < 4.78 is 10.8. The van der Waals surface area contributed by atoms with Crippen LogP contribution in [0.25, 0.3) is 0 Å². The van der Waals surface area contributed by atoms with Crippen LogP contribution in [0.3, 0.4) is 0 Å². The number of nitrogens with zero attached hydrogens (tertiary/aromatic N) is 2. The van der Waals surface area contributed by atoms with Crippen LogP contribution in [0.5, 0.6) is 5.88 Å². The van der Waals surface area contributed by atoms with E-state index in [0.29, 0.717) is 12.5 Å². The number of morpholine rings is 1. The fourth-order valence-electron chi connectivity index (χ4n) is 1.57. The van der Waals surface area contributed by atoms with Crippen molar-refractivity contribution in [3.05, 3.63) is 11.8 Å². The van der Waals surface area contributed by atoms with Gasteiger partial charge in [-0.05, 0) is 6.92 Å². The van der Waals surface area contributed by atoms with Gasteiger partial charge in [0.2, 0.25) is 5.88 Å². The number of aryl methyl sites for hydroxylation is 1. The Labute approximate surface area is 89.4 Å². The number of rotatable bonds is 4. The van der Waals surface area contributed by atoms with Gasteiger partial charge in [-0.15, -0.1) is 5.10 Å². The highest BCUT2D eigenvalue weighted by atomic mass is 16.5. The van der Waals surface area contributed by atoms with Gasteiger partial charge in [-0.25, -0.2) is 0 Å². The summed E-state index contributed by atoms with van der Waals surface area (Å²) in [4.78, 5) is 2.34. The molecule has 1 aliphatic rings. The van der Waals surface area contributed by atoms with E-state index in [1.807, 2.05) is 13.0 Å². The maximum Gasteiger partial charge on any atom is 0.232 e. The minimum Gasteiger partial charge on any atom is -0.475 e. The lowest BCUT2D eigenvalue weighted by Crippen LogP contribution is -2.38. The molecule has 1 aromatic heterocycles. The molecule has 0 bridgehead atoms. The van der Waals surface area contributed by atoms with Crippen LogP contribution in [0.1, 0.15) is 5.69 Å². The first kappa shape index (κ1) is 10.4. The SMILES string of the molecule is Cc1cc(OCCN2CCOCC2)n[nH]1. The molecule has 2 heterocycles. The van der Waals surface area contributed by atoms with Gasteiger partial charge in [0.15, 0.2) is 0 Å². The fourth-order valence-corrected chi connectivity index (χ4v) is 1.57. The molecular formula is C10H17N3O2. The largest absolute Gasteiger partial charge is 0.475 e. The van der Waals surface area contributed by atoms with Gasteiger partial charge in [-0.2, -0.15) is 0 Å². The quantitative estimate of drug-likeness (QED) is 0.784. The zero-order chi connectivity index (χ0) is 10.5. The van der Waals surface area contributed by atoms with Crippen molar-refractivity contribution in [3.63, 3.8) is 0 Å². The number of H-pyrrole nitrogens is 1. The van der Waals surface area contributed by atoms with Crippen LogP contribution in [-0.2, 0) is 4.74 Å². The summed E-state index contributed by atoms with van der Waals surface area (Å²) in [7, 11) is 0.